The summed E-state index contributed by atoms with van der Waals surface area (Å²) in [6, 6.07) is 3.51. The molecular formula is C11H16FN3O3. The lowest BCUT2D eigenvalue weighted by Gasteiger charge is -2.13. The first kappa shape index (κ1) is 14.4. The van der Waals surface area contributed by atoms with E-state index in [9.17, 15) is 4.39 Å². The van der Waals surface area contributed by atoms with Crippen molar-refractivity contribution in [2.45, 2.75) is 12.6 Å². The molecule has 6 N–H and O–H groups in total. The van der Waals surface area contributed by atoms with Crippen molar-refractivity contribution in [3.05, 3.63) is 35.1 Å². The maximum Gasteiger partial charge on any atom is 0.170 e. The summed E-state index contributed by atoms with van der Waals surface area (Å²) in [5, 5.41) is 31.9. The van der Waals surface area contributed by atoms with Gasteiger partial charge < -0.3 is 26.5 Å². The van der Waals surface area contributed by atoms with E-state index in [1.165, 1.54) is 6.07 Å². The third kappa shape index (κ3) is 3.95. The highest BCUT2D eigenvalue weighted by molar-refractivity contribution is 5.97. The zero-order valence-corrected chi connectivity index (χ0v) is 9.67. The van der Waals surface area contributed by atoms with Crippen molar-refractivity contribution in [1.82, 2.24) is 5.32 Å². The fourth-order valence-corrected chi connectivity index (χ4v) is 1.41. The lowest BCUT2D eigenvalue weighted by Crippen LogP contribution is -2.35. The van der Waals surface area contributed by atoms with E-state index in [0.29, 0.717) is 5.56 Å². The van der Waals surface area contributed by atoms with Gasteiger partial charge in [0.25, 0.3) is 0 Å². The fourth-order valence-electron chi connectivity index (χ4n) is 1.41. The molecule has 0 saturated heterocycles. The van der Waals surface area contributed by atoms with Crippen LogP contribution in [0.4, 0.5) is 4.39 Å². The van der Waals surface area contributed by atoms with E-state index in [1.807, 2.05) is 0 Å². The Morgan fingerprint density at radius 1 is 1.33 bits per heavy atom. The van der Waals surface area contributed by atoms with Crippen LogP contribution < -0.4 is 11.1 Å². The third-order valence-corrected chi connectivity index (χ3v) is 2.40. The Morgan fingerprint density at radius 2 is 2.00 bits per heavy atom. The number of hydrogen-bond donors (Lipinski definition) is 5. The summed E-state index contributed by atoms with van der Waals surface area (Å²) in [5.74, 6) is -0.697. The van der Waals surface area contributed by atoms with Gasteiger partial charge in [0, 0.05) is 12.1 Å². The Hall–Kier alpha value is -1.70. The molecule has 0 amide bonds. The van der Waals surface area contributed by atoms with Gasteiger partial charge in [0.15, 0.2) is 5.84 Å². The number of amidine groups is 1. The fraction of sp³-hybridized carbons (Fsp3) is 0.364. The maximum atomic E-state index is 13.3. The predicted octanol–water partition coefficient (Wildman–Crippen LogP) is -0.637. The normalized spacial score (nSPS) is 12.1. The Morgan fingerprint density at radius 3 is 2.56 bits per heavy atom. The molecule has 18 heavy (non-hydrogen) atoms. The molecule has 0 aliphatic carbocycles. The van der Waals surface area contributed by atoms with Gasteiger partial charge in [-0.1, -0.05) is 5.16 Å². The number of nitrogens with two attached hydrogens (primary N) is 1. The van der Waals surface area contributed by atoms with Crippen molar-refractivity contribution in [3.63, 3.8) is 0 Å². The molecule has 0 radical (unpaired) electrons. The number of nitrogens with zero attached hydrogens (tertiary/aromatic N) is 1. The molecule has 6 nitrogen and oxygen atoms in total. The summed E-state index contributed by atoms with van der Waals surface area (Å²) in [6.45, 7) is -0.201. The summed E-state index contributed by atoms with van der Waals surface area (Å²) in [5.41, 5.74) is 6.19. The van der Waals surface area contributed by atoms with Crippen molar-refractivity contribution in [3.8, 4) is 0 Å². The number of rotatable bonds is 6. The molecule has 0 aromatic heterocycles. The standard InChI is InChI=1S/C11H16FN3O3/c12-9-2-7(4-14-10(5-16)6-17)1-8(3-9)11(13)15-18/h1-3,10,14,16-18H,4-6H2,(H2,13,15). The lowest BCUT2D eigenvalue weighted by atomic mass is 10.1. The van der Waals surface area contributed by atoms with Crippen LogP contribution >= 0.6 is 0 Å². The van der Waals surface area contributed by atoms with Crippen LogP contribution in [0.3, 0.4) is 0 Å². The predicted molar refractivity (Wildman–Crippen MR) is 63.7 cm³/mol. The van der Waals surface area contributed by atoms with Gasteiger partial charge in [0.1, 0.15) is 5.82 Å². The van der Waals surface area contributed by atoms with Gasteiger partial charge in [0.2, 0.25) is 0 Å². The monoisotopic (exact) mass is 257 g/mol. The second kappa shape index (κ2) is 6.90. The molecule has 0 heterocycles. The van der Waals surface area contributed by atoms with Gasteiger partial charge in [-0.15, -0.1) is 0 Å². The number of halogens is 1. The molecule has 0 bridgehead atoms. The quantitative estimate of drug-likeness (QED) is 0.201. The summed E-state index contributed by atoms with van der Waals surface area (Å²) in [4.78, 5) is 0. The summed E-state index contributed by atoms with van der Waals surface area (Å²) >= 11 is 0. The molecule has 0 unspecified atom stereocenters. The molecule has 0 fully saturated rings. The highest BCUT2D eigenvalue weighted by Gasteiger charge is 2.08. The molecule has 100 valence electrons. The molecular weight excluding hydrogens is 241 g/mol. The first-order chi connectivity index (χ1) is 8.60. The van der Waals surface area contributed by atoms with Gasteiger partial charge in [-0.3, -0.25) is 0 Å². The summed E-state index contributed by atoms with van der Waals surface area (Å²) < 4.78 is 13.3. The van der Waals surface area contributed by atoms with E-state index in [2.05, 4.69) is 10.5 Å². The minimum absolute atomic E-state index is 0.184. The summed E-state index contributed by atoms with van der Waals surface area (Å²) in [7, 11) is 0. The van der Waals surface area contributed by atoms with Crippen LogP contribution in [0.25, 0.3) is 0 Å². The number of nitrogens with one attached hydrogen (secondary N) is 1. The topological polar surface area (TPSA) is 111 Å². The average molecular weight is 257 g/mol. The second-order valence-electron chi connectivity index (χ2n) is 3.78. The van der Waals surface area contributed by atoms with Crippen LogP contribution in [0.5, 0.6) is 0 Å². The van der Waals surface area contributed by atoms with E-state index in [-0.39, 0.29) is 31.2 Å². The highest BCUT2D eigenvalue weighted by atomic mass is 19.1. The Kier molecular flexibility index (Phi) is 5.50. The largest absolute Gasteiger partial charge is 0.409 e. The van der Waals surface area contributed by atoms with Crippen LogP contribution in [-0.2, 0) is 6.54 Å². The number of hydrogen-bond acceptors (Lipinski definition) is 5. The van der Waals surface area contributed by atoms with Crippen molar-refractivity contribution < 1.29 is 19.8 Å². The minimum Gasteiger partial charge on any atom is -0.409 e. The van der Waals surface area contributed by atoms with Crippen LogP contribution in [0.1, 0.15) is 11.1 Å². The summed E-state index contributed by atoms with van der Waals surface area (Å²) in [6.07, 6.45) is 0. The van der Waals surface area contributed by atoms with Gasteiger partial charge in [-0.2, -0.15) is 0 Å². The van der Waals surface area contributed by atoms with E-state index in [0.717, 1.165) is 6.07 Å². The number of oxime groups is 1. The molecule has 0 atom stereocenters. The van der Waals surface area contributed by atoms with Crippen molar-refractivity contribution in [2.75, 3.05) is 13.2 Å². The second-order valence-corrected chi connectivity index (χ2v) is 3.78. The Labute approximate surface area is 104 Å². The van der Waals surface area contributed by atoms with Crippen LogP contribution in [0.2, 0.25) is 0 Å². The van der Waals surface area contributed by atoms with Crippen molar-refractivity contribution >= 4 is 5.84 Å². The maximum absolute atomic E-state index is 13.3. The van der Waals surface area contributed by atoms with Gasteiger partial charge >= 0.3 is 0 Å². The van der Waals surface area contributed by atoms with Gasteiger partial charge in [-0.05, 0) is 23.8 Å². The third-order valence-electron chi connectivity index (χ3n) is 2.40. The molecule has 0 saturated carbocycles. The number of aliphatic hydroxyl groups excluding tert-OH is 2. The molecule has 1 aromatic carbocycles. The van der Waals surface area contributed by atoms with Crippen molar-refractivity contribution in [2.24, 2.45) is 10.9 Å². The SMILES string of the molecule is N/C(=N/O)c1cc(F)cc(CNC(CO)CO)c1. The van der Waals surface area contributed by atoms with E-state index in [1.54, 1.807) is 6.07 Å². The number of benzene rings is 1. The van der Waals surface area contributed by atoms with Gasteiger partial charge in [-0.25, -0.2) is 4.39 Å². The zero-order valence-electron chi connectivity index (χ0n) is 9.67. The first-order valence-electron chi connectivity index (χ1n) is 5.33. The van der Waals surface area contributed by atoms with Gasteiger partial charge in [0.05, 0.1) is 19.3 Å². The molecule has 0 aliphatic rings. The smallest absolute Gasteiger partial charge is 0.170 e. The van der Waals surface area contributed by atoms with Crippen LogP contribution in [0, 0.1) is 5.82 Å². The van der Waals surface area contributed by atoms with Crippen molar-refractivity contribution in [1.29, 1.82) is 0 Å². The minimum atomic E-state index is -0.513. The average Bonchev–Trinajstić information content (AvgIpc) is 2.38. The Bertz CT molecular complexity index is 422. The molecule has 0 spiro atoms. The molecule has 0 aliphatic heterocycles. The number of aliphatic hydroxyl groups is 2. The zero-order chi connectivity index (χ0) is 13.5. The lowest BCUT2D eigenvalue weighted by molar-refractivity contribution is 0.170. The molecule has 1 aromatic rings. The van der Waals surface area contributed by atoms with E-state index >= 15 is 0 Å². The Balaban J connectivity index is 2.80. The van der Waals surface area contributed by atoms with Crippen LogP contribution in [-0.4, -0.2) is 40.5 Å². The van der Waals surface area contributed by atoms with Crippen LogP contribution in [0.15, 0.2) is 23.4 Å². The highest BCUT2D eigenvalue weighted by Crippen LogP contribution is 2.09. The molecule has 1 rings (SSSR count). The van der Waals surface area contributed by atoms with E-state index < -0.39 is 11.9 Å². The first-order valence-corrected chi connectivity index (χ1v) is 5.33. The molecule has 7 heteroatoms. The van der Waals surface area contributed by atoms with E-state index in [4.69, 9.17) is 21.2 Å².